The van der Waals surface area contributed by atoms with Crippen LogP contribution in [0.15, 0.2) is 93.2 Å². The molecule has 0 unspecified atom stereocenters. The normalized spacial score (nSPS) is 12.3. The minimum atomic E-state index is -0.765. The van der Waals surface area contributed by atoms with Gasteiger partial charge in [-0.15, -0.1) is 0 Å². The largest absolute Gasteiger partial charge is 0.479 e. The van der Waals surface area contributed by atoms with Crippen LogP contribution < -0.4 is 10.3 Å². The van der Waals surface area contributed by atoms with Gasteiger partial charge in [0.1, 0.15) is 11.3 Å². The smallest absolute Gasteiger partial charge is 0.346 e. The summed E-state index contributed by atoms with van der Waals surface area (Å²) in [6.07, 6.45) is 0.763. The summed E-state index contributed by atoms with van der Waals surface area (Å²) in [6, 6.07) is 23.5. The van der Waals surface area contributed by atoms with Gasteiger partial charge in [-0.2, -0.15) is 9.78 Å². The maximum absolute atomic E-state index is 13.4. The predicted octanol–water partition coefficient (Wildman–Crippen LogP) is 4.63. The summed E-state index contributed by atoms with van der Waals surface area (Å²) in [4.78, 5) is 29.7. The molecule has 0 aliphatic rings. The van der Waals surface area contributed by atoms with Crippen LogP contribution in [0.4, 0.5) is 0 Å². The molecule has 8 heteroatoms. The van der Waals surface area contributed by atoms with E-state index < -0.39 is 12.1 Å². The van der Waals surface area contributed by atoms with Crippen molar-refractivity contribution in [3.8, 4) is 17.3 Å². The molecule has 0 saturated carbocycles. The molecular formula is C27H21N3O5. The third kappa shape index (κ3) is 4.41. The zero-order valence-corrected chi connectivity index (χ0v) is 19.0. The Kier molecular flexibility index (Phi) is 5.85. The van der Waals surface area contributed by atoms with Crippen molar-refractivity contribution < 1.29 is 18.7 Å². The molecule has 0 amide bonds. The number of nitrogens with zero attached hydrogens (tertiary/aromatic N) is 3. The third-order valence-corrected chi connectivity index (χ3v) is 5.43. The molecule has 0 bridgehead atoms. The maximum Gasteiger partial charge on any atom is 0.346 e. The van der Waals surface area contributed by atoms with Crippen molar-refractivity contribution >= 4 is 34.1 Å². The standard InChI is InChI=1S/C27H21N3O5/c1-17(27(32)33-2)34-20-10-7-8-18(14-20)16-28-30-25(24-15-19-9-3-6-13-23(19)35-24)29-22-12-5-4-11-21(22)26(30)31/h3-17H,1-2H3/t17-/m1/s1. The van der Waals surface area contributed by atoms with Gasteiger partial charge in [0.25, 0.3) is 5.56 Å². The van der Waals surface area contributed by atoms with E-state index in [1.54, 1.807) is 49.4 Å². The second kappa shape index (κ2) is 9.26. The van der Waals surface area contributed by atoms with Crippen molar-refractivity contribution in [2.75, 3.05) is 7.11 Å². The highest BCUT2D eigenvalue weighted by molar-refractivity contribution is 5.85. The lowest BCUT2D eigenvalue weighted by Gasteiger charge is -2.12. The van der Waals surface area contributed by atoms with Gasteiger partial charge in [0.15, 0.2) is 11.9 Å². The van der Waals surface area contributed by atoms with Gasteiger partial charge in [-0.25, -0.2) is 9.78 Å². The fourth-order valence-electron chi connectivity index (χ4n) is 3.69. The highest BCUT2D eigenvalue weighted by Crippen LogP contribution is 2.27. The van der Waals surface area contributed by atoms with Crippen LogP contribution >= 0.6 is 0 Å². The zero-order valence-electron chi connectivity index (χ0n) is 19.0. The fourth-order valence-corrected chi connectivity index (χ4v) is 3.69. The van der Waals surface area contributed by atoms with Gasteiger partial charge in [-0.05, 0) is 48.9 Å². The number of rotatable bonds is 6. The van der Waals surface area contributed by atoms with Crippen LogP contribution in [0, 0.1) is 0 Å². The number of carbonyl (C=O) groups excluding carboxylic acids is 1. The topological polar surface area (TPSA) is 95.9 Å². The molecule has 8 nitrogen and oxygen atoms in total. The van der Waals surface area contributed by atoms with Crippen LogP contribution in [0.25, 0.3) is 33.5 Å². The molecule has 0 N–H and O–H groups in total. The second-order valence-corrected chi connectivity index (χ2v) is 7.82. The van der Waals surface area contributed by atoms with Gasteiger partial charge in [0.05, 0.1) is 24.2 Å². The number of methoxy groups -OCH3 is 1. The summed E-state index contributed by atoms with van der Waals surface area (Å²) in [6.45, 7) is 1.60. The van der Waals surface area contributed by atoms with Gasteiger partial charge in [0.2, 0.25) is 5.82 Å². The number of esters is 1. The second-order valence-electron chi connectivity index (χ2n) is 7.82. The van der Waals surface area contributed by atoms with Crippen molar-refractivity contribution in [3.05, 3.63) is 94.8 Å². The number of furan rings is 1. The Morgan fingerprint density at radius 1 is 1.06 bits per heavy atom. The Morgan fingerprint density at radius 2 is 1.86 bits per heavy atom. The minimum absolute atomic E-state index is 0.285. The molecular weight excluding hydrogens is 446 g/mol. The van der Waals surface area contributed by atoms with E-state index in [4.69, 9.17) is 13.9 Å². The average molecular weight is 467 g/mol. The Morgan fingerprint density at radius 3 is 2.69 bits per heavy atom. The molecule has 0 spiro atoms. The van der Waals surface area contributed by atoms with E-state index in [9.17, 15) is 9.59 Å². The summed E-state index contributed by atoms with van der Waals surface area (Å²) in [7, 11) is 1.31. The molecule has 0 aliphatic carbocycles. The van der Waals surface area contributed by atoms with Crippen molar-refractivity contribution in [2.24, 2.45) is 5.10 Å². The molecule has 0 aliphatic heterocycles. The third-order valence-electron chi connectivity index (χ3n) is 5.43. The number of fused-ring (bicyclic) bond motifs is 2. The quantitative estimate of drug-likeness (QED) is 0.267. The lowest BCUT2D eigenvalue weighted by atomic mass is 10.2. The summed E-state index contributed by atoms with van der Waals surface area (Å²) in [5.74, 6) is 0.699. The Labute approximate surface area is 200 Å². The molecule has 35 heavy (non-hydrogen) atoms. The van der Waals surface area contributed by atoms with Crippen molar-refractivity contribution in [1.29, 1.82) is 0 Å². The minimum Gasteiger partial charge on any atom is -0.479 e. The summed E-state index contributed by atoms with van der Waals surface area (Å²) < 4.78 is 17.6. The summed E-state index contributed by atoms with van der Waals surface area (Å²) >= 11 is 0. The Hall–Kier alpha value is -4.72. The fraction of sp³-hybridized carbons (Fsp3) is 0.111. The van der Waals surface area contributed by atoms with Crippen molar-refractivity contribution in [1.82, 2.24) is 9.66 Å². The van der Waals surface area contributed by atoms with Gasteiger partial charge in [-0.1, -0.05) is 42.5 Å². The van der Waals surface area contributed by atoms with E-state index in [0.29, 0.717) is 33.6 Å². The van der Waals surface area contributed by atoms with Crippen LogP contribution in [0.1, 0.15) is 12.5 Å². The number of para-hydroxylation sites is 2. The first-order chi connectivity index (χ1) is 17.0. The maximum atomic E-state index is 13.4. The van der Waals surface area contributed by atoms with Gasteiger partial charge >= 0.3 is 5.97 Å². The molecule has 1 atom stereocenters. The van der Waals surface area contributed by atoms with Crippen molar-refractivity contribution in [3.63, 3.8) is 0 Å². The monoisotopic (exact) mass is 467 g/mol. The number of ether oxygens (including phenoxy) is 2. The van der Waals surface area contributed by atoms with Gasteiger partial charge in [-0.3, -0.25) is 4.79 Å². The van der Waals surface area contributed by atoms with E-state index in [1.165, 1.54) is 18.0 Å². The number of aromatic nitrogens is 2. The van der Waals surface area contributed by atoms with Gasteiger partial charge in [0, 0.05) is 5.39 Å². The Bertz CT molecular complexity index is 1600. The highest BCUT2D eigenvalue weighted by atomic mass is 16.6. The SMILES string of the molecule is COC(=O)[C@@H](C)Oc1cccc(C=Nn2c(-c3cc4ccccc4o3)nc3ccccc3c2=O)c1. The molecule has 2 aromatic heterocycles. The molecule has 0 saturated heterocycles. The number of hydrogen-bond donors (Lipinski definition) is 0. The van der Waals surface area contributed by atoms with Crippen LogP contribution in [0.2, 0.25) is 0 Å². The van der Waals surface area contributed by atoms with E-state index in [2.05, 4.69) is 10.1 Å². The van der Waals surface area contributed by atoms with Crippen LogP contribution in [0.5, 0.6) is 5.75 Å². The average Bonchev–Trinajstić information content (AvgIpc) is 3.32. The molecule has 0 radical (unpaired) electrons. The lowest BCUT2D eigenvalue weighted by molar-refractivity contribution is -0.147. The van der Waals surface area contributed by atoms with Crippen LogP contribution in [0.3, 0.4) is 0 Å². The first-order valence-electron chi connectivity index (χ1n) is 10.9. The molecule has 174 valence electrons. The van der Waals surface area contributed by atoms with E-state index in [0.717, 1.165) is 5.39 Å². The number of hydrogen-bond acceptors (Lipinski definition) is 7. The molecule has 0 fully saturated rings. The van der Waals surface area contributed by atoms with E-state index in [-0.39, 0.29) is 11.4 Å². The molecule has 5 aromatic rings. The highest BCUT2D eigenvalue weighted by Gasteiger charge is 2.17. The van der Waals surface area contributed by atoms with Crippen molar-refractivity contribution in [2.45, 2.75) is 13.0 Å². The number of benzene rings is 3. The summed E-state index contributed by atoms with van der Waals surface area (Å²) in [5, 5.41) is 5.79. The van der Waals surface area contributed by atoms with E-state index in [1.807, 2.05) is 36.4 Å². The molecule has 2 heterocycles. The lowest BCUT2D eigenvalue weighted by Crippen LogP contribution is -2.24. The molecule has 3 aromatic carbocycles. The zero-order chi connectivity index (χ0) is 24.4. The predicted molar refractivity (Wildman–Crippen MR) is 133 cm³/mol. The van der Waals surface area contributed by atoms with Gasteiger partial charge < -0.3 is 13.9 Å². The number of carbonyl (C=O) groups is 1. The first kappa shape index (κ1) is 22.1. The van der Waals surface area contributed by atoms with Crippen LogP contribution in [-0.4, -0.2) is 35.1 Å². The first-order valence-corrected chi connectivity index (χ1v) is 10.9. The van der Waals surface area contributed by atoms with E-state index >= 15 is 0 Å². The van der Waals surface area contributed by atoms with Crippen LogP contribution in [-0.2, 0) is 9.53 Å². The Balaban J connectivity index is 1.58. The summed E-state index contributed by atoms with van der Waals surface area (Å²) in [5.41, 5.74) is 1.57. The molecule has 5 rings (SSSR count).